The molecule has 1 saturated heterocycles. The number of nitrogens with zero attached hydrogens (tertiary/aromatic N) is 3. The van der Waals surface area contributed by atoms with Gasteiger partial charge in [-0.2, -0.15) is 0 Å². The van der Waals surface area contributed by atoms with Crippen LogP contribution in [0.3, 0.4) is 0 Å². The number of para-hydroxylation sites is 1. The van der Waals surface area contributed by atoms with Gasteiger partial charge in [0.15, 0.2) is 0 Å². The molecule has 7 nitrogen and oxygen atoms in total. The van der Waals surface area contributed by atoms with Crippen molar-refractivity contribution in [3.05, 3.63) is 48.3 Å². The Kier molecular flexibility index (Phi) is 6.48. The Bertz CT molecular complexity index is 653. The molecule has 1 aliphatic heterocycles. The highest BCUT2D eigenvalue weighted by molar-refractivity contribution is 5.93. The van der Waals surface area contributed by atoms with Crippen molar-refractivity contribution in [2.24, 2.45) is 5.73 Å². The third kappa shape index (κ3) is 4.41. The lowest BCUT2D eigenvalue weighted by Gasteiger charge is -2.32. The molecule has 0 saturated carbocycles. The van der Waals surface area contributed by atoms with Crippen LogP contribution in [0.25, 0.3) is 0 Å². The van der Waals surface area contributed by atoms with Crippen LogP contribution in [-0.2, 0) is 4.74 Å². The SMILES string of the molecule is Cl.NCC1CN(C(=O)c2cnc(Nc3ccccc3)nc2)CCO1. The number of nitrogens with two attached hydrogens (primary N) is 1. The van der Waals surface area contributed by atoms with Gasteiger partial charge in [0.25, 0.3) is 5.91 Å². The number of halogens is 1. The van der Waals surface area contributed by atoms with Gasteiger partial charge in [0.1, 0.15) is 0 Å². The van der Waals surface area contributed by atoms with E-state index in [1.54, 1.807) is 4.90 Å². The Morgan fingerprint density at radius 1 is 1.29 bits per heavy atom. The third-order valence-electron chi connectivity index (χ3n) is 3.62. The molecule has 1 aromatic heterocycles. The average Bonchev–Trinajstić information content (AvgIpc) is 2.63. The summed E-state index contributed by atoms with van der Waals surface area (Å²) >= 11 is 0. The van der Waals surface area contributed by atoms with Gasteiger partial charge < -0.3 is 20.7 Å². The molecular formula is C16H20ClN5O2. The van der Waals surface area contributed by atoms with Crippen LogP contribution in [0.5, 0.6) is 0 Å². The number of aromatic nitrogens is 2. The number of amides is 1. The standard InChI is InChI=1S/C16H19N5O2.ClH/c17-8-14-11-21(6-7-23-14)15(22)12-9-18-16(19-10-12)20-13-4-2-1-3-5-13;/h1-5,9-10,14H,6-8,11,17H2,(H,18,19,20);1H. The van der Waals surface area contributed by atoms with Crippen molar-refractivity contribution in [2.75, 3.05) is 31.6 Å². The largest absolute Gasteiger partial charge is 0.373 e. The second-order valence-electron chi connectivity index (χ2n) is 5.27. The van der Waals surface area contributed by atoms with E-state index >= 15 is 0 Å². The Balaban J connectivity index is 0.00000208. The fourth-order valence-electron chi connectivity index (χ4n) is 2.38. The zero-order chi connectivity index (χ0) is 16.1. The van der Waals surface area contributed by atoms with Crippen molar-refractivity contribution in [1.29, 1.82) is 0 Å². The monoisotopic (exact) mass is 349 g/mol. The van der Waals surface area contributed by atoms with E-state index < -0.39 is 0 Å². The lowest BCUT2D eigenvalue weighted by molar-refractivity contribution is -0.0167. The number of hydrogen-bond acceptors (Lipinski definition) is 6. The smallest absolute Gasteiger partial charge is 0.257 e. The molecule has 2 aromatic rings. The van der Waals surface area contributed by atoms with E-state index in [4.69, 9.17) is 10.5 Å². The molecule has 0 spiro atoms. The first-order chi connectivity index (χ1) is 11.3. The number of benzene rings is 1. The molecule has 0 bridgehead atoms. The number of ether oxygens (including phenoxy) is 1. The summed E-state index contributed by atoms with van der Waals surface area (Å²) in [4.78, 5) is 22.6. The molecule has 0 aliphatic carbocycles. The Labute approximate surface area is 146 Å². The van der Waals surface area contributed by atoms with Crippen LogP contribution in [0.15, 0.2) is 42.7 Å². The zero-order valence-corrected chi connectivity index (χ0v) is 13.9. The highest BCUT2D eigenvalue weighted by Crippen LogP contribution is 2.13. The molecule has 8 heteroatoms. The molecule has 1 amide bonds. The fourth-order valence-corrected chi connectivity index (χ4v) is 2.38. The van der Waals surface area contributed by atoms with E-state index in [0.29, 0.717) is 37.8 Å². The van der Waals surface area contributed by atoms with Gasteiger partial charge >= 0.3 is 0 Å². The van der Waals surface area contributed by atoms with E-state index in [2.05, 4.69) is 15.3 Å². The molecular weight excluding hydrogens is 330 g/mol. The number of anilines is 2. The van der Waals surface area contributed by atoms with Crippen LogP contribution in [0.4, 0.5) is 11.6 Å². The average molecular weight is 350 g/mol. The second-order valence-corrected chi connectivity index (χ2v) is 5.27. The van der Waals surface area contributed by atoms with Crippen molar-refractivity contribution >= 4 is 29.9 Å². The van der Waals surface area contributed by atoms with Crippen LogP contribution in [0.1, 0.15) is 10.4 Å². The molecule has 1 aromatic carbocycles. The molecule has 128 valence electrons. The minimum absolute atomic E-state index is 0. The highest BCUT2D eigenvalue weighted by Gasteiger charge is 2.24. The number of nitrogens with one attached hydrogen (secondary N) is 1. The quantitative estimate of drug-likeness (QED) is 0.867. The van der Waals surface area contributed by atoms with Crippen molar-refractivity contribution in [2.45, 2.75) is 6.10 Å². The molecule has 3 rings (SSSR count). The summed E-state index contributed by atoms with van der Waals surface area (Å²) in [5, 5.41) is 3.08. The van der Waals surface area contributed by atoms with Gasteiger partial charge in [-0.05, 0) is 12.1 Å². The molecule has 24 heavy (non-hydrogen) atoms. The van der Waals surface area contributed by atoms with Gasteiger partial charge in [0.2, 0.25) is 5.95 Å². The predicted octanol–water partition coefficient (Wildman–Crippen LogP) is 1.44. The maximum atomic E-state index is 12.5. The zero-order valence-electron chi connectivity index (χ0n) is 13.1. The molecule has 1 aliphatic rings. The first-order valence-electron chi connectivity index (χ1n) is 7.51. The lowest BCUT2D eigenvalue weighted by Crippen LogP contribution is -2.48. The Morgan fingerprint density at radius 3 is 2.67 bits per heavy atom. The molecule has 3 N–H and O–H groups in total. The van der Waals surface area contributed by atoms with Crippen LogP contribution >= 0.6 is 12.4 Å². The van der Waals surface area contributed by atoms with Crippen molar-refractivity contribution in [1.82, 2.24) is 14.9 Å². The van der Waals surface area contributed by atoms with Crippen molar-refractivity contribution in [3.63, 3.8) is 0 Å². The van der Waals surface area contributed by atoms with Gasteiger partial charge in [-0.15, -0.1) is 12.4 Å². The van der Waals surface area contributed by atoms with E-state index in [-0.39, 0.29) is 24.4 Å². The number of carbonyl (C=O) groups excluding carboxylic acids is 1. The molecule has 2 heterocycles. The van der Waals surface area contributed by atoms with Crippen LogP contribution in [0.2, 0.25) is 0 Å². The topological polar surface area (TPSA) is 93.4 Å². The minimum atomic E-state index is -0.104. The highest BCUT2D eigenvalue weighted by atomic mass is 35.5. The third-order valence-corrected chi connectivity index (χ3v) is 3.62. The first kappa shape index (κ1) is 18.1. The van der Waals surface area contributed by atoms with Gasteiger partial charge in [-0.1, -0.05) is 18.2 Å². The number of hydrogen-bond donors (Lipinski definition) is 2. The van der Waals surface area contributed by atoms with Gasteiger partial charge in [-0.25, -0.2) is 9.97 Å². The lowest BCUT2D eigenvalue weighted by atomic mass is 10.2. The summed E-state index contributed by atoms with van der Waals surface area (Å²) in [5.41, 5.74) is 6.96. The second kappa shape index (κ2) is 8.58. The maximum absolute atomic E-state index is 12.5. The van der Waals surface area contributed by atoms with Crippen LogP contribution in [0, 0.1) is 0 Å². The van der Waals surface area contributed by atoms with Crippen LogP contribution < -0.4 is 11.1 Å². The summed E-state index contributed by atoms with van der Waals surface area (Å²) in [6, 6.07) is 9.62. The van der Waals surface area contributed by atoms with Gasteiger partial charge in [0, 0.05) is 37.7 Å². The van der Waals surface area contributed by atoms with E-state index in [1.807, 2.05) is 30.3 Å². The van der Waals surface area contributed by atoms with E-state index in [0.717, 1.165) is 5.69 Å². The minimum Gasteiger partial charge on any atom is -0.373 e. The summed E-state index contributed by atoms with van der Waals surface area (Å²) in [5.74, 6) is 0.354. The van der Waals surface area contributed by atoms with Gasteiger partial charge in [0.05, 0.1) is 18.3 Å². The molecule has 1 fully saturated rings. The summed E-state index contributed by atoms with van der Waals surface area (Å²) in [7, 11) is 0. The number of carbonyl (C=O) groups is 1. The summed E-state index contributed by atoms with van der Waals surface area (Å²) in [6.45, 7) is 1.96. The normalized spacial score (nSPS) is 17.0. The predicted molar refractivity (Wildman–Crippen MR) is 93.7 cm³/mol. The van der Waals surface area contributed by atoms with Gasteiger partial charge in [-0.3, -0.25) is 4.79 Å². The fraction of sp³-hybridized carbons (Fsp3) is 0.312. The van der Waals surface area contributed by atoms with E-state index in [1.165, 1.54) is 12.4 Å². The van der Waals surface area contributed by atoms with Crippen LogP contribution in [-0.4, -0.2) is 53.1 Å². The van der Waals surface area contributed by atoms with Crippen molar-refractivity contribution < 1.29 is 9.53 Å². The molecule has 1 unspecified atom stereocenters. The molecule has 1 atom stereocenters. The summed E-state index contributed by atoms with van der Waals surface area (Å²) < 4.78 is 5.47. The first-order valence-corrected chi connectivity index (χ1v) is 7.51. The Morgan fingerprint density at radius 2 is 2.00 bits per heavy atom. The van der Waals surface area contributed by atoms with E-state index in [9.17, 15) is 4.79 Å². The summed E-state index contributed by atoms with van der Waals surface area (Å²) in [6.07, 6.45) is 2.97. The maximum Gasteiger partial charge on any atom is 0.257 e. The molecule has 0 radical (unpaired) electrons. The Hall–Kier alpha value is -2.22. The van der Waals surface area contributed by atoms with Crippen molar-refractivity contribution in [3.8, 4) is 0 Å². The number of morpholine rings is 1. The number of rotatable bonds is 4.